The Balaban J connectivity index is 1.76. The van der Waals surface area contributed by atoms with Crippen molar-refractivity contribution in [3.8, 4) is 5.75 Å². The number of amides is 2. The summed E-state index contributed by atoms with van der Waals surface area (Å²) in [6, 6.07) is 6.24. The van der Waals surface area contributed by atoms with E-state index in [4.69, 9.17) is 4.74 Å². The van der Waals surface area contributed by atoms with Crippen molar-refractivity contribution >= 4 is 17.7 Å². The van der Waals surface area contributed by atoms with Crippen LogP contribution in [0.2, 0.25) is 0 Å². The van der Waals surface area contributed by atoms with Crippen LogP contribution in [-0.2, 0) is 24.8 Å². The number of anilines is 1. The zero-order valence-electron chi connectivity index (χ0n) is 15.9. The van der Waals surface area contributed by atoms with Gasteiger partial charge in [0, 0.05) is 24.8 Å². The van der Waals surface area contributed by atoms with E-state index in [1.165, 1.54) is 12.1 Å². The smallest absolute Gasteiger partial charge is 0.410 e. The molecular formula is C19H24N4O4. The number of hydrogen-bond donors (Lipinski definition) is 2. The fraction of sp³-hybridized carbons (Fsp3) is 0.421. The number of carbonyl (C=O) groups excluding carboxylic acids is 2. The zero-order valence-corrected chi connectivity index (χ0v) is 15.9. The SMILES string of the molecule is Cn1nc(C(=O)Nc2ccc(O)cc2)c2c1CN(C(=O)OC(C)(C)C)CC2. The molecule has 1 aromatic carbocycles. The summed E-state index contributed by atoms with van der Waals surface area (Å²) >= 11 is 0. The summed E-state index contributed by atoms with van der Waals surface area (Å²) < 4.78 is 7.07. The van der Waals surface area contributed by atoms with Gasteiger partial charge in [-0.1, -0.05) is 0 Å². The highest BCUT2D eigenvalue weighted by atomic mass is 16.6. The molecule has 0 bridgehead atoms. The highest BCUT2D eigenvalue weighted by Crippen LogP contribution is 2.24. The first-order chi connectivity index (χ1) is 12.6. The van der Waals surface area contributed by atoms with Gasteiger partial charge in [0.2, 0.25) is 0 Å². The van der Waals surface area contributed by atoms with E-state index >= 15 is 0 Å². The number of benzene rings is 1. The molecule has 1 aliphatic rings. The van der Waals surface area contributed by atoms with Gasteiger partial charge in [-0.25, -0.2) is 4.79 Å². The summed E-state index contributed by atoms with van der Waals surface area (Å²) in [6.45, 7) is 6.30. The molecule has 144 valence electrons. The Kier molecular flexibility index (Phi) is 4.82. The van der Waals surface area contributed by atoms with Crippen molar-refractivity contribution in [1.29, 1.82) is 0 Å². The number of phenols is 1. The third kappa shape index (κ3) is 4.21. The van der Waals surface area contributed by atoms with Crippen LogP contribution in [0.5, 0.6) is 5.75 Å². The van der Waals surface area contributed by atoms with E-state index < -0.39 is 5.60 Å². The molecular weight excluding hydrogens is 348 g/mol. The van der Waals surface area contributed by atoms with Crippen LogP contribution in [0.3, 0.4) is 0 Å². The Morgan fingerprint density at radius 3 is 2.52 bits per heavy atom. The Morgan fingerprint density at radius 1 is 1.22 bits per heavy atom. The van der Waals surface area contributed by atoms with E-state index in [1.54, 1.807) is 28.8 Å². The predicted molar refractivity (Wildman–Crippen MR) is 99.6 cm³/mol. The lowest BCUT2D eigenvalue weighted by Crippen LogP contribution is -2.40. The maximum absolute atomic E-state index is 12.6. The molecule has 0 spiro atoms. The molecule has 2 heterocycles. The van der Waals surface area contributed by atoms with Crippen molar-refractivity contribution in [2.24, 2.45) is 7.05 Å². The summed E-state index contributed by atoms with van der Waals surface area (Å²) in [5.41, 5.74) is 2.03. The van der Waals surface area contributed by atoms with Gasteiger partial charge in [-0.3, -0.25) is 9.48 Å². The van der Waals surface area contributed by atoms with Gasteiger partial charge in [0.15, 0.2) is 5.69 Å². The average Bonchev–Trinajstić information content (AvgIpc) is 2.92. The Hall–Kier alpha value is -3.03. The first kappa shape index (κ1) is 18.8. The summed E-state index contributed by atoms with van der Waals surface area (Å²) in [7, 11) is 1.76. The minimum absolute atomic E-state index is 0.130. The summed E-state index contributed by atoms with van der Waals surface area (Å²) in [6.07, 6.45) is 0.158. The summed E-state index contributed by atoms with van der Waals surface area (Å²) in [5.74, 6) is -0.186. The Labute approximate surface area is 157 Å². The first-order valence-corrected chi connectivity index (χ1v) is 8.77. The molecule has 1 aliphatic heterocycles. The minimum Gasteiger partial charge on any atom is -0.508 e. The molecule has 27 heavy (non-hydrogen) atoms. The molecule has 8 nitrogen and oxygen atoms in total. The van der Waals surface area contributed by atoms with E-state index in [0.29, 0.717) is 30.9 Å². The molecule has 8 heteroatoms. The van der Waals surface area contributed by atoms with Crippen LogP contribution in [0, 0.1) is 0 Å². The number of rotatable bonds is 2. The van der Waals surface area contributed by atoms with Crippen LogP contribution in [-0.4, -0.2) is 43.9 Å². The van der Waals surface area contributed by atoms with Crippen molar-refractivity contribution in [3.63, 3.8) is 0 Å². The molecule has 3 rings (SSSR count). The number of nitrogens with zero attached hydrogens (tertiary/aromatic N) is 3. The molecule has 2 amide bonds. The van der Waals surface area contributed by atoms with E-state index in [1.807, 2.05) is 20.8 Å². The number of ether oxygens (including phenoxy) is 1. The van der Waals surface area contributed by atoms with Crippen molar-refractivity contribution in [1.82, 2.24) is 14.7 Å². The molecule has 1 aromatic heterocycles. The van der Waals surface area contributed by atoms with Crippen molar-refractivity contribution in [2.75, 3.05) is 11.9 Å². The monoisotopic (exact) mass is 372 g/mol. The molecule has 0 atom stereocenters. The van der Waals surface area contributed by atoms with Crippen LogP contribution < -0.4 is 5.32 Å². The van der Waals surface area contributed by atoms with E-state index in [0.717, 1.165) is 11.3 Å². The van der Waals surface area contributed by atoms with Crippen molar-refractivity contribution < 1.29 is 19.4 Å². The van der Waals surface area contributed by atoms with Gasteiger partial charge >= 0.3 is 6.09 Å². The van der Waals surface area contributed by atoms with E-state index in [-0.39, 0.29) is 17.7 Å². The molecule has 2 N–H and O–H groups in total. The van der Waals surface area contributed by atoms with E-state index in [9.17, 15) is 14.7 Å². The van der Waals surface area contributed by atoms with Crippen molar-refractivity contribution in [3.05, 3.63) is 41.2 Å². The highest BCUT2D eigenvalue weighted by molar-refractivity contribution is 6.04. The normalized spacial score (nSPS) is 13.9. The topological polar surface area (TPSA) is 96.7 Å². The fourth-order valence-corrected chi connectivity index (χ4v) is 2.97. The van der Waals surface area contributed by atoms with Crippen LogP contribution >= 0.6 is 0 Å². The van der Waals surface area contributed by atoms with Gasteiger partial charge in [0.25, 0.3) is 5.91 Å². The second kappa shape index (κ2) is 6.94. The number of carbonyl (C=O) groups is 2. The lowest BCUT2D eigenvalue weighted by atomic mass is 10.0. The fourth-order valence-electron chi connectivity index (χ4n) is 2.97. The largest absolute Gasteiger partial charge is 0.508 e. The number of hydrogen-bond acceptors (Lipinski definition) is 5. The van der Waals surface area contributed by atoms with Gasteiger partial charge in [-0.15, -0.1) is 0 Å². The van der Waals surface area contributed by atoms with Crippen LogP contribution in [0.1, 0.15) is 42.5 Å². The van der Waals surface area contributed by atoms with Crippen LogP contribution in [0.25, 0.3) is 0 Å². The molecule has 2 aromatic rings. The Bertz CT molecular complexity index is 865. The zero-order chi connectivity index (χ0) is 19.8. The third-order valence-corrected chi connectivity index (χ3v) is 4.24. The molecule has 0 aliphatic carbocycles. The van der Waals surface area contributed by atoms with Gasteiger partial charge in [-0.05, 0) is 51.5 Å². The van der Waals surface area contributed by atoms with Gasteiger partial charge in [0.05, 0.1) is 12.2 Å². The number of aryl methyl sites for hydroxylation is 1. The lowest BCUT2D eigenvalue weighted by molar-refractivity contribution is 0.0219. The quantitative estimate of drug-likeness (QED) is 0.790. The Morgan fingerprint density at radius 2 is 1.89 bits per heavy atom. The van der Waals surface area contributed by atoms with Gasteiger partial charge in [-0.2, -0.15) is 5.10 Å². The summed E-state index contributed by atoms with van der Waals surface area (Å²) in [5, 5.41) is 16.5. The average molecular weight is 372 g/mol. The van der Waals surface area contributed by atoms with Crippen LogP contribution in [0.15, 0.2) is 24.3 Å². The minimum atomic E-state index is -0.557. The second-order valence-electron chi connectivity index (χ2n) is 7.55. The van der Waals surface area contributed by atoms with Gasteiger partial charge in [0.1, 0.15) is 11.4 Å². The first-order valence-electron chi connectivity index (χ1n) is 8.77. The molecule has 0 radical (unpaired) electrons. The predicted octanol–water partition coefficient (Wildman–Crippen LogP) is 2.67. The number of aromatic hydroxyl groups is 1. The number of nitrogens with one attached hydrogen (secondary N) is 1. The maximum atomic E-state index is 12.6. The summed E-state index contributed by atoms with van der Waals surface area (Å²) in [4.78, 5) is 26.6. The number of phenolic OH excluding ortho intramolecular Hbond substituents is 1. The molecule has 0 unspecified atom stereocenters. The molecule has 0 fully saturated rings. The second-order valence-corrected chi connectivity index (χ2v) is 7.55. The van der Waals surface area contributed by atoms with Crippen LogP contribution in [0.4, 0.5) is 10.5 Å². The third-order valence-electron chi connectivity index (χ3n) is 4.24. The van der Waals surface area contributed by atoms with Gasteiger partial charge < -0.3 is 20.1 Å². The molecule has 0 saturated carbocycles. The van der Waals surface area contributed by atoms with E-state index in [2.05, 4.69) is 10.4 Å². The standard InChI is InChI=1S/C19H24N4O4/c1-19(2,3)27-18(26)23-10-9-14-15(11-23)22(4)21-16(14)17(25)20-12-5-7-13(24)8-6-12/h5-8,24H,9-11H2,1-4H3,(H,20,25). The lowest BCUT2D eigenvalue weighted by Gasteiger charge is -2.30. The van der Waals surface area contributed by atoms with Crippen molar-refractivity contribution in [2.45, 2.75) is 39.3 Å². The molecule has 0 saturated heterocycles. The number of aromatic nitrogens is 2. The highest BCUT2D eigenvalue weighted by Gasteiger charge is 2.31. The number of fused-ring (bicyclic) bond motifs is 1. The maximum Gasteiger partial charge on any atom is 0.410 e.